The van der Waals surface area contributed by atoms with Crippen molar-refractivity contribution >= 4 is 6.09 Å². The van der Waals surface area contributed by atoms with E-state index < -0.39 is 5.60 Å². The lowest BCUT2D eigenvalue weighted by atomic mass is 9.79. The highest BCUT2D eigenvalue weighted by Crippen LogP contribution is 2.30. The van der Waals surface area contributed by atoms with Crippen LogP contribution in [0.4, 0.5) is 4.79 Å². The maximum Gasteiger partial charge on any atom is 0.408 e. The summed E-state index contributed by atoms with van der Waals surface area (Å²) in [6.07, 6.45) is 0.536. The van der Waals surface area contributed by atoms with Crippen molar-refractivity contribution in [3.63, 3.8) is 0 Å². The van der Waals surface area contributed by atoms with Gasteiger partial charge in [0.1, 0.15) is 5.60 Å². The third-order valence-electron chi connectivity index (χ3n) is 3.36. The molecule has 0 aromatic heterocycles. The van der Waals surface area contributed by atoms with Gasteiger partial charge in [0, 0.05) is 25.6 Å². The SMILES string of the molecule is CC(C)(C)OC(=O)NC1(C2CNC2)CCOC1. The summed E-state index contributed by atoms with van der Waals surface area (Å²) in [5, 5.41) is 6.26. The molecule has 17 heavy (non-hydrogen) atoms. The summed E-state index contributed by atoms with van der Waals surface area (Å²) in [5.74, 6) is 0.456. The van der Waals surface area contributed by atoms with Crippen molar-refractivity contribution in [2.75, 3.05) is 26.3 Å². The fraction of sp³-hybridized carbons (Fsp3) is 0.917. The highest BCUT2D eigenvalue weighted by molar-refractivity contribution is 5.69. The average molecular weight is 242 g/mol. The van der Waals surface area contributed by atoms with Gasteiger partial charge in [0.15, 0.2) is 0 Å². The lowest BCUT2D eigenvalue weighted by molar-refractivity contribution is 0.0338. The zero-order valence-electron chi connectivity index (χ0n) is 10.8. The second kappa shape index (κ2) is 4.46. The van der Waals surface area contributed by atoms with Crippen molar-refractivity contribution in [3.05, 3.63) is 0 Å². The summed E-state index contributed by atoms with van der Waals surface area (Å²) in [6.45, 7) is 8.81. The van der Waals surface area contributed by atoms with E-state index in [-0.39, 0.29) is 11.6 Å². The van der Waals surface area contributed by atoms with Crippen LogP contribution >= 0.6 is 0 Å². The number of carbonyl (C=O) groups is 1. The van der Waals surface area contributed by atoms with Crippen molar-refractivity contribution in [1.29, 1.82) is 0 Å². The summed E-state index contributed by atoms with van der Waals surface area (Å²) in [6, 6.07) is 0. The normalized spacial score (nSPS) is 29.8. The average Bonchev–Trinajstić information content (AvgIpc) is 2.45. The fourth-order valence-electron chi connectivity index (χ4n) is 2.29. The maximum absolute atomic E-state index is 11.9. The molecule has 2 aliphatic heterocycles. The van der Waals surface area contributed by atoms with Crippen LogP contribution in [-0.4, -0.2) is 43.5 Å². The lowest BCUT2D eigenvalue weighted by Gasteiger charge is -2.42. The van der Waals surface area contributed by atoms with E-state index in [2.05, 4.69) is 10.6 Å². The van der Waals surface area contributed by atoms with Gasteiger partial charge in [-0.15, -0.1) is 0 Å². The number of carbonyl (C=O) groups excluding carboxylic acids is 1. The molecule has 0 saturated carbocycles. The molecule has 5 nitrogen and oxygen atoms in total. The number of hydrogen-bond donors (Lipinski definition) is 2. The van der Waals surface area contributed by atoms with Gasteiger partial charge < -0.3 is 20.1 Å². The van der Waals surface area contributed by atoms with Crippen molar-refractivity contribution in [2.45, 2.75) is 38.3 Å². The second-order valence-electron chi connectivity index (χ2n) is 5.94. The zero-order chi connectivity index (χ0) is 12.5. The summed E-state index contributed by atoms with van der Waals surface area (Å²) in [5.41, 5.74) is -0.684. The number of ether oxygens (including phenoxy) is 2. The Morgan fingerprint density at radius 3 is 2.59 bits per heavy atom. The van der Waals surface area contributed by atoms with E-state index in [0.717, 1.165) is 19.5 Å². The summed E-state index contributed by atoms with van der Waals surface area (Å²) < 4.78 is 10.8. The first kappa shape index (κ1) is 12.6. The minimum Gasteiger partial charge on any atom is -0.444 e. The molecule has 98 valence electrons. The van der Waals surface area contributed by atoms with Crippen LogP contribution in [0.3, 0.4) is 0 Å². The molecule has 2 rings (SSSR count). The largest absolute Gasteiger partial charge is 0.444 e. The van der Waals surface area contributed by atoms with Crippen LogP contribution in [-0.2, 0) is 9.47 Å². The first-order valence-corrected chi connectivity index (χ1v) is 6.21. The molecular weight excluding hydrogens is 220 g/mol. The fourth-order valence-corrected chi connectivity index (χ4v) is 2.29. The van der Waals surface area contributed by atoms with Gasteiger partial charge in [-0.05, 0) is 27.2 Å². The molecule has 2 heterocycles. The van der Waals surface area contributed by atoms with E-state index in [9.17, 15) is 4.79 Å². The lowest BCUT2D eigenvalue weighted by Crippen LogP contribution is -2.64. The van der Waals surface area contributed by atoms with Gasteiger partial charge in [-0.2, -0.15) is 0 Å². The van der Waals surface area contributed by atoms with Gasteiger partial charge in [0.2, 0.25) is 0 Å². The molecule has 2 saturated heterocycles. The molecule has 0 aliphatic carbocycles. The Balaban J connectivity index is 1.96. The van der Waals surface area contributed by atoms with Crippen LogP contribution in [0.5, 0.6) is 0 Å². The quantitative estimate of drug-likeness (QED) is 0.755. The number of hydrogen-bond acceptors (Lipinski definition) is 4. The third-order valence-corrected chi connectivity index (χ3v) is 3.36. The number of alkyl carbamates (subject to hydrolysis) is 1. The Kier molecular flexibility index (Phi) is 3.32. The molecule has 0 bridgehead atoms. The smallest absolute Gasteiger partial charge is 0.408 e. The molecule has 2 N–H and O–H groups in total. The molecule has 1 unspecified atom stereocenters. The van der Waals surface area contributed by atoms with Gasteiger partial charge in [0.05, 0.1) is 12.1 Å². The minimum absolute atomic E-state index is 0.229. The van der Waals surface area contributed by atoms with E-state index in [1.54, 1.807) is 0 Å². The number of amides is 1. The maximum atomic E-state index is 11.9. The highest BCUT2D eigenvalue weighted by Gasteiger charge is 2.46. The van der Waals surface area contributed by atoms with E-state index in [1.807, 2.05) is 20.8 Å². The van der Waals surface area contributed by atoms with Crippen LogP contribution in [0.25, 0.3) is 0 Å². The predicted octanol–water partition coefficient (Wildman–Crippen LogP) is 0.890. The van der Waals surface area contributed by atoms with Crippen LogP contribution < -0.4 is 10.6 Å². The van der Waals surface area contributed by atoms with E-state index in [0.29, 0.717) is 19.1 Å². The Labute approximate surface area is 102 Å². The van der Waals surface area contributed by atoms with Gasteiger partial charge in [-0.25, -0.2) is 4.79 Å². The standard InChI is InChI=1S/C12H22N2O3/c1-11(2,3)17-10(15)14-12(4-5-16-8-12)9-6-13-7-9/h9,13H,4-8H2,1-3H3,(H,14,15). The summed E-state index contributed by atoms with van der Waals surface area (Å²) >= 11 is 0. The zero-order valence-corrected chi connectivity index (χ0v) is 10.8. The Bertz CT molecular complexity index is 289. The van der Waals surface area contributed by atoms with Crippen molar-refractivity contribution in [3.8, 4) is 0 Å². The predicted molar refractivity (Wildman–Crippen MR) is 63.9 cm³/mol. The Morgan fingerprint density at radius 2 is 2.18 bits per heavy atom. The highest BCUT2D eigenvalue weighted by atomic mass is 16.6. The number of rotatable bonds is 2. The molecule has 1 amide bonds. The van der Waals surface area contributed by atoms with Crippen molar-refractivity contribution in [2.24, 2.45) is 5.92 Å². The monoisotopic (exact) mass is 242 g/mol. The third kappa shape index (κ3) is 2.90. The van der Waals surface area contributed by atoms with Gasteiger partial charge >= 0.3 is 6.09 Å². The van der Waals surface area contributed by atoms with E-state index >= 15 is 0 Å². The van der Waals surface area contributed by atoms with Crippen LogP contribution in [0.2, 0.25) is 0 Å². The van der Waals surface area contributed by atoms with Crippen molar-refractivity contribution in [1.82, 2.24) is 10.6 Å². The first-order chi connectivity index (χ1) is 7.91. The summed E-state index contributed by atoms with van der Waals surface area (Å²) in [7, 11) is 0. The molecule has 0 aromatic rings. The number of nitrogens with one attached hydrogen (secondary N) is 2. The van der Waals surface area contributed by atoms with Gasteiger partial charge in [-0.1, -0.05) is 0 Å². The van der Waals surface area contributed by atoms with Crippen molar-refractivity contribution < 1.29 is 14.3 Å². The molecule has 0 aromatic carbocycles. The van der Waals surface area contributed by atoms with Gasteiger partial charge in [0.25, 0.3) is 0 Å². The molecule has 0 spiro atoms. The first-order valence-electron chi connectivity index (χ1n) is 6.21. The topological polar surface area (TPSA) is 59.6 Å². The molecule has 1 atom stereocenters. The summed E-state index contributed by atoms with van der Waals surface area (Å²) in [4.78, 5) is 11.9. The second-order valence-corrected chi connectivity index (χ2v) is 5.94. The Hall–Kier alpha value is -0.810. The minimum atomic E-state index is -0.456. The van der Waals surface area contributed by atoms with E-state index in [1.165, 1.54) is 0 Å². The Morgan fingerprint density at radius 1 is 1.47 bits per heavy atom. The molecule has 0 radical (unpaired) electrons. The van der Waals surface area contributed by atoms with Gasteiger partial charge in [-0.3, -0.25) is 0 Å². The molecule has 2 fully saturated rings. The molecular formula is C12H22N2O3. The van der Waals surface area contributed by atoms with Crippen LogP contribution in [0, 0.1) is 5.92 Å². The molecule has 5 heteroatoms. The van der Waals surface area contributed by atoms with E-state index in [4.69, 9.17) is 9.47 Å². The van der Waals surface area contributed by atoms with Crippen LogP contribution in [0.1, 0.15) is 27.2 Å². The molecule has 2 aliphatic rings. The van der Waals surface area contributed by atoms with Crippen LogP contribution in [0.15, 0.2) is 0 Å².